The van der Waals surface area contributed by atoms with Crippen molar-refractivity contribution in [2.45, 2.75) is 31.7 Å². The highest BCUT2D eigenvalue weighted by molar-refractivity contribution is 6.23. The molecule has 0 atom stereocenters. The molecule has 1 spiro atoms. The summed E-state index contributed by atoms with van der Waals surface area (Å²) in [6.45, 7) is 4.57. The monoisotopic (exact) mass is 485 g/mol. The van der Waals surface area contributed by atoms with E-state index in [0.717, 1.165) is 71.8 Å². The molecule has 7 rings (SSSR count). The second-order valence-corrected chi connectivity index (χ2v) is 10.4. The van der Waals surface area contributed by atoms with Gasteiger partial charge in [-0.1, -0.05) is 54.6 Å². The molecule has 0 saturated carbocycles. The van der Waals surface area contributed by atoms with Crippen LogP contribution in [0.25, 0.3) is 11.1 Å². The number of piperidine rings is 1. The topological polar surface area (TPSA) is 53.5 Å². The molecule has 3 heterocycles. The smallest absolute Gasteiger partial charge is 0.242 e. The Morgan fingerprint density at radius 2 is 1.54 bits per heavy atom. The van der Waals surface area contributed by atoms with Gasteiger partial charge in [0.25, 0.3) is 0 Å². The number of benzene rings is 3. The molecule has 1 amide bonds. The van der Waals surface area contributed by atoms with E-state index < -0.39 is 5.41 Å². The average Bonchev–Trinajstić information content (AvgIpc) is 3.35. The summed E-state index contributed by atoms with van der Waals surface area (Å²) in [6.07, 6.45) is 3.38. The minimum absolute atomic E-state index is 0.0280. The van der Waals surface area contributed by atoms with Gasteiger partial charge in [0.15, 0.2) is 5.78 Å². The van der Waals surface area contributed by atoms with Crippen LogP contribution in [-0.4, -0.2) is 34.7 Å². The van der Waals surface area contributed by atoms with Crippen LogP contribution >= 0.6 is 0 Å². The number of carbonyl (C=O) groups is 2. The summed E-state index contributed by atoms with van der Waals surface area (Å²) in [4.78, 5) is 36.3. The fraction of sp³-hybridized carbons (Fsp3) is 0.219. The summed E-state index contributed by atoms with van der Waals surface area (Å²) in [5.74, 6) is 0.144. The molecule has 5 heteroatoms. The Morgan fingerprint density at radius 3 is 2.35 bits per heavy atom. The second kappa shape index (κ2) is 8.22. The quantitative estimate of drug-likeness (QED) is 0.323. The number of aryl methyl sites for hydroxylation is 1. The normalized spacial score (nSPS) is 17.7. The highest BCUT2D eigenvalue weighted by Gasteiger charge is 2.52. The Balaban J connectivity index is 1.21. The molecule has 3 aliphatic rings. The second-order valence-electron chi connectivity index (χ2n) is 10.4. The predicted molar refractivity (Wildman–Crippen MR) is 144 cm³/mol. The van der Waals surface area contributed by atoms with Crippen LogP contribution in [0, 0.1) is 6.92 Å². The molecular weight excluding hydrogens is 458 g/mol. The van der Waals surface area contributed by atoms with E-state index in [2.05, 4.69) is 28.9 Å². The van der Waals surface area contributed by atoms with E-state index in [4.69, 9.17) is 0 Å². The number of nitrogens with zero attached hydrogens (tertiary/aromatic N) is 3. The maximum absolute atomic E-state index is 14.3. The zero-order valence-corrected chi connectivity index (χ0v) is 20.8. The number of pyridine rings is 1. The lowest BCUT2D eigenvalue weighted by molar-refractivity contribution is -0.124. The van der Waals surface area contributed by atoms with Crippen LogP contribution in [0.4, 0.5) is 11.4 Å². The number of hydrogen-bond donors (Lipinski definition) is 0. The van der Waals surface area contributed by atoms with Gasteiger partial charge < -0.3 is 0 Å². The van der Waals surface area contributed by atoms with E-state index in [1.165, 1.54) is 5.56 Å². The molecule has 2 aliphatic heterocycles. The van der Waals surface area contributed by atoms with E-state index in [-0.39, 0.29) is 11.7 Å². The molecule has 3 aromatic carbocycles. The molecule has 1 saturated heterocycles. The van der Waals surface area contributed by atoms with Crippen LogP contribution in [0.1, 0.15) is 45.6 Å². The van der Waals surface area contributed by atoms with Gasteiger partial charge in [0.2, 0.25) is 5.91 Å². The highest BCUT2D eigenvalue weighted by atomic mass is 16.2. The third-order valence-electron chi connectivity index (χ3n) is 8.44. The van der Waals surface area contributed by atoms with Gasteiger partial charge in [-0.15, -0.1) is 0 Å². The van der Waals surface area contributed by atoms with Gasteiger partial charge >= 0.3 is 0 Å². The van der Waals surface area contributed by atoms with Crippen LogP contribution in [0.3, 0.4) is 0 Å². The van der Waals surface area contributed by atoms with Gasteiger partial charge in [-0.2, -0.15) is 0 Å². The average molecular weight is 486 g/mol. The maximum atomic E-state index is 14.3. The number of rotatable bonds is 3. The summed E-state index contributed by atoms with van der Waals surface area (Å²) >= 11 is 0. The van der Waals surface area contributed by atoms with Crippen LogP contribution in [0.2, 0.25) is 0 Å². The van der Waals surface area contributed by atoms with E-state index in [1.807, 2.05) is 77.8 Å². The fourth-order valence-corrected chi connectivity index (χ4v) is 6.40. The first kappa shape index (κ1) is 22.1. The largest absolute Gasteiger partial charge is 0.297 e. The zero-order valence-electron chi connectivity index (χ0n) is 20.8. The predicted octanol–water partition coefficient (Wildman–Crippen LogP) is 5.81. The number of ketones is 1. The summed E-state index contributed by atoms with van der Waals surface area (Å²) in [5, 5.41) is 0. The Labute approximate surface area is 216 Å². The van der Waals surface area contributed by atoms with E-state index in [9.17, 15) is 9.59 Å². The molecular formula is C32H27N3O2. The standard InChI is InChI=1S/C32H27N3O2/c1-21-7-6-16-33-28(21)20-34-17-14-32(15-18-34)27-10-4-5-11-29(27)35(31(32)37)22-12-13-24-23-8-2-3-9-25(23)30(36)26(24)19-22/h2-13,16,19H,14-15,17-18,20H2,1H3. The lowest BCUT2D eigenvalue weighted by Crippen LogP contribution is -2.47. The number of fused-ring (bicyclic) bond motifs is 5. The zero-order chi connectivity index (χ0) is 25.1. The van der Waals surface area contributed by atoms with E-state index in [1.54, 1.807) is 0 Å². The van der Waals surface area contributed by atoms with Gasteiger partial charge in [0.1, 0.15) is 0 Å². The van der Waals surface area contributed by atoms with Crippen molar-refractivity contribution in [2.75, 3.05) is 18.0 Å². The molecule has 182 valence electrons. The van der Waals surface area contributed by atoms with E-state index in [0.29, 0.717) is 5.56 Å². The lowest BCUT2D eigenvalue weighted by Gasteiger charge is -2.38. The first-order valence-corrected chi connectivity index (χ1v) is 12.9. The minimum Gasteiger partial charge on any atom is -0.297 e. The highest BCUT2D eigenvalue weighted by Crippen LogP contribution is 2.51. The summed E-state index contributed by atoms with van der Waals surface area (Å²) in [5.41, 5.74) is 7.87. The number of amides is 1. The maximum Gasteiger partial charge on any atom is 0.242 e. The van der Waals surface area contributed by atoms with Crippen molar-refractivity contribution in [1.29, 1.82) is 0 Å². The molecule has 1 aliphatic carbocycles. The Hall–Kier alpha value is -4.09. The summed E-state index contributed by atoms with van der Waals surface area (Å²) in [7, 11) is 0. The number of aromatic nitrogens is 1. The van der Waals surface area contributed by atoms with Gasteiger partial charge in [0.05, 0.1) is 16.8 Å². The van der Waals surface area contributed by atoms with Crippen molar-refractivity contribution in [1.82, 2.24) is 9.88 Å². The summed E-state index contributed by atoms with van der Waals surface area (Å²) in [6, 6.07) is 25.9. The summed E-state index contributed by atoms with van der Waals surface area (Å²) < 4.78 is 0. The van der Waals surface area contributed by atoms with Crippen molar-refractivity contribution in [3.63, 3.8) is 0 Å². The van der Waals surface area contributed by atoms with Gasteiger partial charge in [0, 0.05) is 29.6 Å². The molecule has 0 bridgehead atoms. The molecule has 1 aromatic heterocycles. The Morgan fingerprint density at radius 1 is 0.811 bits per heavy atom. The number of carbonyl (C=O) groups excluding carboxylic acids is 2. The molecule has 4 aromatic rings. The Kier molecular flexibility index (Phi) is 4.92. The molecule has 1 fully saturated rings. The molecule has 0 unspecified atom stereocenters. The molecule has 5 nitrogen and oxygen atoms in total. The van der Waals surface area contributed by atoms with E-state index >= 15 is 0 Å². The minimum atomic E-state index is -0.543. The van der Waals surface area contributed by atoms with Crippen LogP contribution in [0.15, 0.2) is 85.1 Å². The van der Waals surface area contributed by atoms with Crippen molar-refractivity contribution in [3.8, 4) is 11.1 Å². The van der Waals surface area contributed by atoms with Gasteiger partial charge in [-0.05, 0) is 79.4 Å². The number of para-hydroxylation sites is 1. The van der Waals surface area contributed by atoms with Gasteiger partial charge in [-0.3, -0.25) is 24.4 Å². The van der Waals surface area contributed by atoms with Crippen molar-refractivity contribution in [2.24, 2.45) is 0 Å². The SMILES string of the molecule is Cc1cccnc1CN1CCC2(CC1)C(=O)N(c1ccc3c(c1)C(=O)c1ccccc1-3)c1ccccc12. The fourth-order valence-electron chi connectivity index (χ4n) is 6.40. The molecule has 0 N–H and O–H groups in total. The van der Waals surface area contributed by atoms with Crippen LogP contribution in [0.5, 0.6) is 0 Å². The van der Waals surface area contributed by atoms with Crippen LogP contribution in [-0.2, 0) is 16.8 Å². The van der Waals surface area contributed by atoms with Crippen molar-refractivity contribution < 1.29 is 9.59 Å². The van der Waals surface area contributed by atoms with Gasteiger partial charge in [-0.25, -0.2) is 0 Å². The number of likely N-dealkylation sites (tertiary alicyclic amines) is 1. The molecule has 37 heavy (non-hydrogen) atoms. The number of hydrogen-bond acceptors (Lipinski definition) is 4. The Bertz CT molecular complexity index is 1580. The van der Waals surface area contributed by atoms with Crippen molar-refractivity contribution in [3.05, 3.63) is 113 Å². The van der Waals surface area contributed by atoms with Crippen molar-refractivity contribution >= 4 is 23.1 Å². The first-order valence-electron chi connectivity index (χ1n) is 12.9. The van der Waals surface area contributed by atoms with Crippen LogP contribution < -0.4 is 4.90 Å². The first-order chi connectivity index (χ1) is 18.1. The lowest BCUT2D eigenvalue weighted by atomic mass is 9.73. The third-order valence-corrected chi connectivity index (χ3v) is 8.44. The molecule has 0 radical (unpaired) electrons. The third kappa shape index (κ3) is 3.24. The number of anilines is 2.